The Hall–Kier alpha value is -2.57. The number of aryl methyl sites for hydroxylation is 2. The summed E-state index contributed by atoms with van der Waals surface area (Å²) in [6.07, 6.45) is 4.63. The Kier molecular flexibility index (Phi) is 4.32. The molecule has 0 bridgehead atoms. The quantitative estimate of drug-likeness (QED) is 0.895. The van der Waals surface area contributed by atoms with E-state index in [1.165, 1.54) is 0 Å². The molecule has 7 heteroatoms. The molecule has 3 unspecified atom stereocenters. The van der Waals surface area contributed by atoms with Gasteiger partial charge in [0.1, 0.15) is 11.8 Å². The fraction of sp³-hybridized carbons (Fsp3) is 0.550. The Morgan fingerprint density at radius 1 is 1.19 bits per heavy atom. The van der Waals surface area contributed by atoms with Gasteiger partial charge in [-0.05, 0) is 52.0 Å². The number of aromatic nitrogens is 2. The highest BCUT2D eigenvalue weighted by atomic mass is 16.5. The van der Waals surface area contributed by atoms with E-state index in [4.69, 9.17) is 4.52 Å². The number of carbonyl (C=O) groups is 2. The monoisotopic (exact) mass is 371 g/mol. The molecule has 0 spiro atoms. The molecule has 1 aliphatic carbocycles. The van der Waals surface area contributed by atoms with Crippen molar-refractivity contribution in [2.24, 2.45) is 5.92 Å². The number of amides is 1. The standard InChI is InChI=1S/C20H25N3O4/c1-11-8-15(13(3)22(11)18-9-12(2)27-21-18)19(24)23-16-7-5-4-6-14(16)10-17(23)20(25)26/h8-9,14,16-17H,4-7,10H2,1-3H3,(H,25,26). The van der Waals surface area contributed by atoms with E-state index < -0.39 is 12.0 Å². The molecular formula is C20H25N3O4. The molecule has 3 heterocycles. The van der Waals surface area contributed by atoms with Gasteiger partial charge in [-0.1, -0.05) is 18.0 Å². The first-order valence-corrected chi connectivity index (χ1v) is 9.56. The van der Waals surface area contributed by atoms with Crippen LogP contribution in [0.5, 0.6) is 0 Å². The molecule has 1 N–H and O–H groups in total. The molecule has 27 heavy (non-hydrogen) atoms. The van der Waals surface area contributed by atoms with Gasteiger partial charge < -0.3 is 14.5 Å². The van der Waals surface area contributed by atoms with Crippen LogP contribution in [0, 0.1) is 26.7 Å². The smallest absolute Gasteiger partial charge is 0.326 e. The van der Waals surface area contributed by atoms with E-state index in [1.807, 2.05) is 37.5 Å². The lowest BCUT2D eigenvalue weighted by molar-refractivity contribution is -0.141. The fourth-order valence-electron chi connectivity index (χ4n) is 4.90. The van der Waals surface area contributed by atoms with Crippen LogP contribution in [0.25, 0.3) is 5.82 Å². The summed E-state index contributed by atoms with van der Waals surface area (Å²) in [4.78, 5) is 26.9. The van der Waals surface area contributed by atoms with Crippen LogP contribution in [0.3, 0.4) is 0 Å². The third-order valence-electron chi connectivity index (χ3n) is 6.11. The van der Waals surface area contributed by atoms with Crippen molar-refractivity contribution in [2.75, 3.05) is 0 Å². The summed E-state index contributed by atoms with van der Waals surface area (Å²) in [6, 6.07) is 2.95. The Labute approximate surface area is 157 Å². The predicted molar refractivity (Wildman–Crippen MR) is 98.0 cm³/mol. The van der Waals surface area contributed by atoms with Crippen molar-refractivity contribution in [1.82, 2.24) is 14.6 Å². The van der Waals surface area contributed by atoms with Crippen LogP contribution in [0.1, 0.15) is 59.6 Å². The Morgan fingerprint density at radius 2 is 1.93 bits per heavy atom. The molecule has 0 aromatic carbocycles. The van der Waals surface area contributed by atoms with Crippen LogP contribution in [-0.2, 0) is 4.79 Å². The molecule has 7 nitrogen and oxygen atoms in total. The number of aliphatic carboxylic acids is 1. The maximum atomic E-state index is 13.4. The molecule has 1 aliphatic heterocycles. The highest BCUT2D eigenvalue weighted by molar-refractivity contribution is 5.98. The number of fused-ring (bicyclic) bond motifs is 1. The molecule has 2 aromatic heterocycles. The lowest BCUT2D eigenvalue weighted by atomic mass is 9.84. The van der Waals surface area contributed by atoms with Crippen molar-refractivity contribution in [1.29, 1.82) is 0 Å². The molecular weight excluding hydrogens is 346 g/mol. The number of rotatable bonds is 3. The van der Waals surface area contributed by atoms with Crippen molar-refractivity contribution in [2.45, 2.75) is 65.0 Å². The van der Waals surface area contributed by atoms with Crippen LogP contribution >= 0.6 is 0 Å². The van der Waals surface area contributed by atoms with Gasteiger partial charge in [0.05, 0.1) is 5.56 Å². The van der Waals surface area contributed by atoms with Gasteiger partial charge in [-0.3, -0.25) is 9.36 Å². The maximum absolute atomic E-state index is 13.4. The average molecular weight is 371 g/mol. The van der Waals surface area contributed by atoms with Crippen molar-refractivity contribution in [3.8, 4) is 5.82 Å². The molecule has 1 saturated carbocycles. The summed E-state index contributed by atoms with van der Waals surface area (Å²) in [6.45, 7) is 5.60. The zero-order chi connectivity index (χ0) is 19.3. The maximum Gasteiger partial charge on any atom is 0.326 e. The zero-order valence-corrected chi connectivity index (χ0v) is 15.9. The van der Waals surface area contributed by atoms with E-state index in [2.05, 4.69) is 5.16 Å². The normalized spacial score (nSPS) is 24.9. The number of nitrogens with zero attached hydrogens (tertiary/aromatic N) is 3. The van der Waals surface area contributed by atoms with Gasteiger partial charge in [-0.25, -0.2) is 4.79 Å². The van der Waals surface area contributed by atoms with Crippen molar-refractivity contribution < 1.29 is 19.2 Å². The van der Waals surface area contributed by atoms with E-state index >= 15 is 0 Å². The van der Waals surface area contributed by atoms with Crippen molar-refractivity contribution in [3.05, 3.63) is 34.8 Å². The lowest BCUT2D eigenvalue weighted by Crippen LogP contribution is -2.46. The third kappa shape index (κ3) is 2.85. The number of hydrogen-bond donors (Lipinski definition) is 1. The molecule has 4 rings (SSSR count). The molecule has 3 atom stereocenters. The molecule has 0 radical (unpaired) electrons. The predicted octanol–water partition coefficient (Wildman–Crippen LogP) is 3.25. The summed E-state index contributed by atoms with van der Waals surface area (Å²) in [5.41, 5.74) is 2.18. The van der Waals surface area contributed by atoms with Gasteiger partial charge in [0.25, 0.3) is 5.91 Å². The summed E-state index contributed by atoms with van der Waals surface area (Å²) in [7, 11) is 0. The van der Waals surface area contributed by atoms with E-state index in [0.717, 1.165) is 37.1 Å². The highest BCUT2D eigenvalue weighted by Gasteiger charge is 2.48. The van der Waals surface area contributed by atoms with Gasteiger partial charge in [-0.15, -0.1) is 0 Å². The van der Waals surface area contributed by atoms with E-state index in [1.54, 1.807) is 4.90 Å². The highest BCUT2D eigenvalue weighted by Crippen LogP contribution is 2.41. The van der Waals surface area contributed by atoms with Crippen molar-refractivity contribution >= 4 is 11.9 Å². The molecule has 2 aliphatic rings. The van der Waals surface area contributed by atoms with Crippen molar-refractivity contribution in [3.63, 3.8) is 0 Å². The van der Waals surface area contributed by atoms with Crippen LogP contribution in [-0.4, -0.2) is 43.7 Å². The van der Waals surface area contributed by atoms with Gasteiger partial charge in [0.15, 0.2) is 5.82 Å². The Bertz CT molecular complexity index is 897. The number of hydrogen-bond acceptors (Lipinski definition) is 4. The van der Waals surface area contributed by atoms with Gasteiger partial charge in [-0.2, -0.15) is 0 Å². The van der Waals surface area contributed by atoms with Gasteiger partial charge >= 0.3 is 5.97 Å². The summed E-state index contributed by atoms with van der Waals surface area (Å²) in [5.74, 6) is 0.537. The number of carbonyl (C=O) groups excluding carboxylic acids is 1. The first-order chi connectivity index (χ1) is 12.9. The lowest BCUT2D eigenvalue weighted by Gasteiger charge is -2.33. The number of carboxylic acid groups (broad SMARTS) is 1. The minimum absolute atomic E-state index is 0.0321. The minimum atomic E-state index is -0.904. The minimum Gasteiger partial charge on any atom is -0.480 e. The molecule has 2 fully saturated rings. The summed E-state index contributed by atoms with van der Waals surface area (Å²) < 4.78 is 7.06. The fourth-order valence-corrected chi connectivity index (χ4v) is 4.90. The summed E-state index contributed by atoms with van der Waals surface area (Å²) >= 11 is 0. The molecule has 1 saturated heterocycles. The van der Waals surface area contributed by atoms with E-state index in [9.17, 15) is 14.7 Å². The largest absolute Gasteiger partial charge is 0.480 e. The van der Waals surface area contributed by atoms with Gasteiger partial charge in [0, 0.05) is 23.5 Å². The van der Waals surface area contributed by atoms with Crippen LogP contribution < -0.4 is 0 Å². The van der Waals surface area contributed by atoms with E-state index in [-0.39, 0.29) is 11.9 Å². The number of carboxylic acids is 1. The van der Waals surface area contributed by atoms with Crippen LogP contribution in [0.15, 0.2) is 16.7 Å². The molecule has 1 amide bonds. The Balaban J connectivity index is 1.72. The average Bonchev–Trinajstić information content (AvgIpc) is 3.30. The van der Waals surface area contributed by atoms with Crippen LogP contribution in [0.2, 0.25) is 0 Å². The second-order valence-corrected chi connectivity index (χ2v) is 7.83. The SMILES string of the molecule is Cc1cc(-n2c(C)cc(C(=O)N3C(C(=O)O)CC4CCCCC43)c2C)no1. The second-order valence-electron chi connectivity index (χ2n) is 7.83. The van der Waals surface area contributed by atoms with Crippen LogP contribution in [0.4, 0.5) is 0 Å². The van der Waals surface area contributed by atoms with Gasteiger partial charge in [0.2, 0.25) is 0 Å². The first-order valence-electron chi connectivity index (χ1n) is 9.56. The first kappa shape index (κ1) is 17.8. The topological polar surface area (TPSA) is 88.6 Å². The second kappa shape index (κ2) is 6.55. The number of likely N-dealkylation sites (tertiary alicyclic amines) is 1. The third-order valence-corrected chi connectivity index (χ3v) is 6.11. The molecule has 2 aromatic rings. The summed E-state index contributed by atoms with van der Waals surface area (Å²) in [5, 5.41) is 13.8. The molecule has 144 valence electrons. The Morgan fingerprint density at radius 3 is 2.59 bits per heavy atom. The van der Waals surface area contributed by atoms with E-state index in [0.29, 0.717) is 29.5 Å². The zero-order valence-electron chi connectivity index (χ0n) is 15.9.